The minimum absolute atomic E-state index is 0.181. The van der Waals surface area contributed by atoms with Gasteiger partial charge in [-0.1, -0.05) is 25.4 Å². The van der Waals surface area contributed by atoms with Crippen molar-refractivity contribution in [2.75, 3.05) is 6.54 Å². The number of nitrogens with one attached hydrogen (secondary N) is 1. The third-order valence-electron chi connectivity index (χ3n) is 3.20. The Labute approximate surface area is 122 Å². The van der Waals surface area contributed by atoms with Crippen LogP contribution in [0.5, 0.6) is 0 Å². The van der Waals surface area contributed by atoms with Crippen molar-refractivity contribution in [1.29, 1.82) is 0 Å². The van der Waals surface area contributed by atoms with Crippen LogP contribution in [0.4, 0.5) is 0 Å². The summed E-state index contributed by atoms with van der Waals surface area (Å²) in [6.07, 6.45) is 0.111. The number of aliphatic hydroxyl groups is 1. The van der Waals surface area contributed by atoms with Crippen LogP contribution in [-0.2, 0) is 0 Å². The maximum absolute atomic E-state index is 11.9. The van der Waals surface area contributed by atoms with E-state index in [-0.39, 0.29) is 17.6 Å². The quantitative estimate of drug-likeness (QED) is 0.890. The van der Waals surface area contributed by atoms with Gasteiger partial charge in [0.2, 0.25) is 0 Å². The van der Waals surface area contributed by atoms with Crippen molar-refractivity contribution in [3.63, 3.8) is 0 Å². The average Bonchev–Trinajstić information content (AvgIpc) is 2.81. The number of aliphatic hydroxyl groups excluding tert-OH is 1. The van der Waals surface area contributed by atoms with E-state index in [4.69, 9.17) is 16.0 Å². The summed E-state index contributed by atoms with van der Waals surface area (Å²) in [4.78, 5) is 11.9. The molecule has 1 aromatic heterocycles. The van der Waals surface area contributed by atoms with Crippen LogP contribution in [-0.4, -0.2) is 23.7 Å². The van der Waals surface area contributed by atoms with E-state index in [1.54, 1.807) is 24.3 Å². The number of benzene rings is 1. The van der Waals surface area contributed by atoms with Crippen LogP contribution in [0, 0.1) is 5.92 Å². The van der Waals surface area contributed by atoms with Gasteiger partial charge in [-0.25, -0.2) is 0 Å². The van der Waals surface area contributed by atoms with E-state index in [1.807, 2.05) is 13.8 Å². The summed E-state index contributed by atoms with van der Waals surface area (Å²) >= 11 is 5.89. The van der Waals surface area contributed by atoms with Crippen molar-refractivity contribution in [3.8, 4) is 0 Å². The Balaban J connectivity index is 1.97. The first-order valence-corrected chi connectivity index (χ1v) is 7.00. The molecule has 1 unspecified atom stereocenters. The highest BCUT2D eigenvalue weighted by molar-refractivity contribution is 6.31. The van der Waals surface area contributed by atoms with Gasteiger partial charge in [-0.3, -0.25) is 4.79 Å². The Morgan fingerprint density at radius 3 is 2.85 bits per heavy atom. The van der Waals surface area contributed by atoms with Gasteiger partial charge in [-0.2, -0.15) is 0 Å². The third-order valence-corrected chi connectivity index (χ3v) is 3.43. The standard InChI is InChI=1S/C15H18ClNO3/c1-9(2)12(18)5-6-17-15(19)14-8-10-7-11(16)3-4-13(10)20-14/h3-4,7-9,12,18H,5-6H2,1-2H3,(H,17,19). The van der Waals surface area contributed by atoms with Gasteiger partial charge in [-0.15, -0.1) is 0 Å². The predicted molar refractivity (Wildman–Crippen MR) is 79.0 cm³/mol. The molecule has 2 aromatic rings. The lowest BCUT2D eigenvalue weighted by Crippen LogP contribution is -2.28. The minimum atomic E-state index is -0.412. The van der Waals surface area contributed by atoms with Crippen molar-refractivity contribution in [3.05, 3.63) is 35.0 Å². The molecule has 1 heterocycles. The molecule has 0 spiro atoms. The second-order valence-corrected chi connectivity index (χ2v) is 5.59. The Morgan fingerprint density at radius 2 is 2.15 bits per heavy atom. The molecule has 1 aromatic carbocycles. The van der Waals surface area contributed by atoms with Crippen LogP contribution < -0.4 is 5.32 Å². The van der Waals surface area contributed by atoms with E-state index in [1.165, 1.54) is 0 Å². The Kier molecular flexibility index (Phi) is 4.68. The second-order valence-electron chi connectivity index (χ2n) is 5.15. The van der Waals surface area contributed by atoms with Crippen molar-refractivity contribution in [1.82, 2.24) is 5.32 Å². The fraction of sp³-hybridized carbons (Fsp3) is 0.400. The van der Waals surface area contributed by atoms with E-state index in [9.17, 15) is 9.90 Å². The van der Waals surface area contributed by atoms with Crippen LogP contribution in [0.2, 0.25) is 5.02 Å². The molecule has 0 aliphatic heterocycles. The van der Waals surface area contributed by atoms with Gasteiger partial charge < -0.3 is 14.8 Å². The molecule has 108 valence electrons. The number of carbonyl (C=O) groups excluding carboxylic acids is 1. The van der Waals surface area contributed by atoms with Crippen LogP contribution in [0.1, 0.15) is 30.8 Å². The highest BCUT2D eigenvalue weighted by Gasteiger charge is 2.14. The number of furan rings is 1. The van der Waals surface area contributed by atoms with E-state index >= 15 is 0 Å². The first-order valence-electron chi connectivity index (χ1n) is 6.62. The van der Waals surface area contributed by atoms with Gasteiger partial charge in [0.1, 0.15) is 5.58 Å². The minimum Gasteiger partial charge on any atom is -0.451 e. The molecular weight excluding hydrogens is 278 g/mol. The summed E-state index contributed by atoms with van der Waals surface area (Å²) in [5.41, 5.74) is 0.627. The molecule has 0 fully saturated rings. The molecule has 5 heteroatoms. The summed E-state index contributed by atoms with van der Waals surface area (Å²) in [5, 5.41) is 13.8. The molecule has 1 atom stereocenters. The first-order chi connectivity index (χ1) is 9.47. The molecule has 20 heavy (non-hydrogen) atoms. The molecule has 4 nitrogen and oxygen atoms in total. The fourth-order valence-corrected chi connectivity index (χ4v) is 2.06. The maximum atomic E-state index is 11.9. The van der Waals surface area contributed by atoms with Crippen molar-refractivity contribution in [2.24, 2.45) is 5.92 Å². The van der Waals surface area contributed by atoms with Gasteiger partial charge in [0.05, 0.1) is 6.10 Å². The molecule has 0 saturated heterocycles. The van der Waals surface area contributed by atoms with E-state index < -0.39 is 6.10 Å². The van der Waals surface area contributed by atoms with Gasteiger partial charge >= 0.3 is 0 Å². The number of amides is 1. The smallest absolute Gasteiger partial charge is 0.287 e. The Morgan fingerprint density at radius 1 is 1.40 bits per heavy atom. The van der Waals surface area contributed by atoms with Gasteiger partial charge in [0.25, 0.3) is 5.91 Å². The highest BCUT2D eigenvalue weighted by Crippen LogP contribution is 2.22. The molecule has 1 amide bonds. The number of carbonyl (C=O) groups is 1. The number of hydrogen-bond donors (Lipinski definition) is 2. The lowest BCUT2D eigenvalue weighted by molar-refractivity contribution is 0.0896. The SMILES string of the molecule is CC(C)C(O)CCNC(=O)c1cc2cc(Cl)ccc2o1. The zero-order valence-corrected chi connectivity index (χ0v) is 12.3. The van der Waals surface area contributed by atoms with Crippen LogP contribution >= 0.6 is 11.6 Å². The molecule has 0 radical (unpaired) electrons. The largest absolute Gasteiger partial charge is 0.451 e. The number of fused-ring (bicyclic) bond motifs is 1. The van der Waals surface area contributed by atoms with E-state index in [0.717, 1.165) is 5.39 Å². The molecule has 0 aliphatic rings. The predicted octanol–water partition coefficient (Wildman–Crippen LogP) is 3.22. The monoisotopic (exact) mass is 295 g/mol. The summed E-state index contributed by atoms with van der Waals surface area (Å²) in [5.74, 6) is 0.148. The van der Waals surface area contributed by atoms with E-state index in [0.29, 0.717) is 23.6 Å². The van der Waals surface area contributed by atoms with Gasteiger partial charge in [-0.05, 0) is 36.6 Å². The lowest BCUT2D eigenvalue weighted by Gasteiger charge is -2.13. The molecule has 0 saturated carbocycles. The van der Waals surface area contributed by atoms with Gasteiger partial charge in [0.15, 0.2) is 5.76 Å². The normalized spacial score (nSPS) is 12.8. The van der Waals surface area contributed by atoms with Crippen molar-refractivity contribution in [2.45, 2.75) is 26.4 Å². The molecule has 0 bridgehead atoms. The average molecular weight is 296 g/mol. The number of rotatable bonds is 5. The van der Waals surface area contributed by atoms with Crippen LogP contribution in [0.25, 0.3) is 11.0 Å². The first kappa shape index (κ1) is 14.9. The van der Waals surface area contributed by atoms with Crippen LogP contribution in [0.15, 0.2) is 28.7 Å². The summed E-state index contributed by atoms with van der Waals surface area (Å²) < 4.78 is 5.46. The second kappa shape index (κ2) is 6.29. The molecule has 0 aliphatic carbocycles. The fourth-order valence-electron chi connectivity index (χ4n) is 1.88. The zero-order valence-electron chi connectivity index (χ0n) is 11.5. The zero-order chi connectivity index (χ0) is 14.7. The Bertz CT molecular complexity index is 606. The summed E-state index contributed by atoms with van der Waals surface area (Å²) in [6.45, 7) is 4.29. The molecular formula is C15H18ClNO3. The topological polar surface area (TPSA) is 62.5 Å². The van der Waals surface area contributed by atoms with Gasteiger partial charge in [0, 0.05) is 17.0 Å². The number of halogens is 1. The third kappa shape index (κ3) is 3.52. The molecule has 2 rings (SSSR count). The molecule has 2 N–H and O–H groups in total. The van der Waals surface area contributed by atoms with E-state index in [2.05, 4.69) is 5.32 Å². The summed E-state index contributed by atoms with van der Waals surface area (Å²) in [6, 6.07) is 6.86. The maximum Gasteiger partial charge on any atom is 0.287 e. The van der Waals surface area contributed by atoms with Crippen LogP contribution in [0.3, 0.4) is 0 Å². The highest BCUT2D eigenvalue weighted by atomic mass is 35.5. The lowest BCUT2D eigenvalue weighted by atomic mass is 10.0. The number of hydrogen-bond acceptors (Lipinski definition) is 3. The van der Waals surface area contributed by atoms with Crippen molar-refractivity contribution < 1.29 is 14.3 Å². The van der Waals surface area contributed by atoms with Crippen molar-refractivity contribution >= 4 is 28.5 Å². The summed E-state index contributed by atoms with van der Waals surface area (Å²) in [7, 11) is 0. The Hall–Kier alpha value is -1.52.